The van der Waals surface area contributed by atoms with Crippen molar-refractivity contribution in [3.05, 3.63) is 71.3 Å². The summed E-state index contributed by atoms with van der Waals surface area (Å²) in [6.45, 7) is 5.71. The van der Waals surface area contributed by atoms with E-state index in [0.717, 1.165) is 11.1 Å². The smallest absolute Gasteiger partial charge is 0.194 e. The Balaban J connectivity index is 1.95. The van der Waals surface area contributed by atoms with Crippen LogP contribution >= 0.6 is 0 Å². The lowest BCUT2D eigenvalue weighted by molar-refractivity contribution is -0.143. The van der Waals surface area contributed by atoms with Gasteiger partial charge in [-0.05, 0) is 26.3 Å². The maximum atomic E-state index is 12.8. The zero-order valence-corrected chi connectivity index (χ0v) is 13.1. The first-order valence-corrected chi connectivity index (χ1v) is 7.48. The number of carbonyl (C=O) groups is 1. The second-order valence-electron chi connectivity index (χ2n) is 6.12. The third-order valence-corrected chi connectivity index (χ3v) is 3.78. The van der Waals surface area contributed by atoms with Crippen molar-refractivity contribution in [2.75, 3.05) is 0 Å². The minimum Gasteiger partial charge on any atom is -0.339 e. The summed E-state index contributed by atoms with van der Waals surface area (Å²) in [6, 6.07) is 17.3. The highest BCUT2D eigenvalue weighted by Gasteiger charge is 2.45. The first-order chi connectivity index (χ1) is 10.5. The van der Waals surface area contributed by atoms with E-state index in [0.29, 0.717) is 5.56 Å². The Bertz CT molecular complexity index is 676. The summed E-state index contributed by atoms with van der Waals surface area (Å²) in [7, 11) is 0. The molecule has 2 aromatic rings. The third-order valence-electron chi connectivity index (χ3n) is 3.78. The third kappa shape index (κ3) is 2.96. The fourth-order valence-corrected chi connectivity index (χ4v) is 2.81. The molecular weight excluding hydrogens is 276 g/mol. The first-order valence-electron chi connectivity index (χ1n) is 7.48. The Morgan fingerprint density at radius 3 is 2.41 bits per heavy atom. The van der Waals surface area contributed by atoms with E-state index >= 15 is 0 Å². The second-order valence-corrected chi connectivity index (χ2v) is 6.12. The highest BCUT2D eigenvalue weighted by atomic mass is 16.8. The summed E-state index contributed by atoms with van der Waals surface area (Å²) in [5.41, 5.74) is 2.75. The van der Waals surface area contributed by atoms with Gasteiger partial charge in [0.2, 0.25) is 0 Å². The van der Waals surface area contributed by atoms with Crippen LogP contribution in [0.25, 0.3) is 0 Å². The van der Waals surface area contributed by atoms with E-state index in [9.17, 15) is 4.79 Å². The summed E-state index contributed by atoms with van der Waals surface area (Å²) < 4.78 is 11.9. The minimum atomic E-state index is -0.774. The van der Waals surface area contributed by atoms with Crippen molar-refractivity contribution in [2.45, 2.75) is 38.8 Å². The van der Waals surface area contributed by atoms with Gasteiger partial charge in [-0.15, -0.1) is 0 Å². The van der Waals surface area contributed by atoms with Crippen LogP contribution in [-0.2, 0) is 9.47 Å². The van der Waals surface area contributed by atoms with Gasteiger partial charge in [-0.3, -0.25) is 4.79 Å². The molecule has 0 bridgehead atoms. The van der Waals surface area contributed by atoms with Crippen LogP contribution in [0.5, 0.6) is 0 Å². The number of hydrogen-bond donors (Lipinski definition) is 0. The Kier molecular flexibility index (Phi) is 3.85. The fourth-order valence-electron chi connectivity index (χ4n) is 2.81. The molecule has 114 valence electrons. The first kappa shape index (κ1) is 14.9. The fraction of sp³-hybridized carbons (Fsp3) is 0.316. The molecule has 2 atom stereocenters. The largest absolute Gasteiger partial charge is 0.339 e. The lowest BCUT2D eigenvalue weighted by Crippen LogP contribution is -2.28. The molecule has 0 unspecified atom stereocenters. The normalized spacial score (nSPS) is 23.4. The molecule has 1 aliphatic heterocycles. The van der Waals surface area contributed by atoms with Gasteiger partial charge in [0.15, 0.2) is 17.7 Å². The minimum absolute atomic E-state index is 0.0438. The number of aryl methyl sites for hydroxylation is 1. The monoisotopic (exact) mass is 296 g/mol. The van der Waals surface area contributed by atoms with E-state index in [1.54, 1.807) is 0 Å². The standard InChI is InChI=1S/C19H20O3/c1-13-8-7-11-15(12-13)17-18(22-19(2,3)21-17)16(20)14-9-5-4-6-10-14/h4-12,17-18H,1-3H3/t17-,18+/m1/s1. The molecule has 0 N–H and O–H groups in total. The predicted molar refractivity (Wildman–Crippen MR) is 84.7 cm³/mol. The van der Waals surface area contributed by atoms with Gasteiger partial charge >= 0.3 is 0 Å². The topological polar surface area (TPSA) is 35.5 Å². The van der Waals surface area contributed by atoms with Crippen molar-refractivity contribution < 1.29 is 14.3 Å². The number of rotatable bonds is 3. The molecule has 1 heterocycles. The Labute approximate surface area is 130 Å². The predicted octanol–water partition coefficient (Wildman–Crippen LogP) is 4.07. The molecule has 0 aromatic heterocycles. The van der Waals surface area contributed by atoms with Crippen LogP contribution in [0.15, 0.2) is 54.6 Å². The lowest BCUT2D eigenvalue weighted by atomic mass is 9.96. The van der Waals surface area contributed by atoms with Crippen molar-refractivity contribution in [1.82, 2.24) is 0 Å². The number of hydrogen-bond acceptors (Lipinski definition) is 3. The Hall–Kier alpha value is -1.97. The van der Waals surface area contributed by atoms with Crippen LogP contribution in [0, 0.1) is 6.92 Å². The molecule has 0 spiro atoms. The Morgan fingerprint density at radius 1 is 1.00 bits per heavy atom. The molecule has 1 saturated heterocycles. The number of ether oxygens (including phenoxy) is 2. The molecule has 0 saturated carbocycles. The molecule has 22 heavy (non-hydrogen) atoms. The maximum Gasteiger partial charge on any atom is 0.194 e. The van der Waals surface area contributed by atoms with E-state index in [4.69, 9.17) is 9.47 Å². The zero-order chi connectivity index (χ0) is 15.7. The van der Waals surface area contributed by atoms with Crippen molar-refractivity contribution in [1.29, 1.82) is 0 Å². The van der Waals surface area contributed by atoms with Gasteiger partial charge in [-0.25, -0.2) is 0 Å². The SMILES string of the molecule is Cc1cccc([C@H]2OC(C)(C)O[C@H]2C(=O)c2ccccc2)c1. The maximum absolute atomic E-state index is 12.8. The van der Waals surface area contributed by atoms with Gasteiger partial charge < -0.3 is 9.47 Å². The van der Waals surface area contributed by atoms with Gasteiger partial charge in [-0.1, -0.05) is 60.2 Å². The number of Topliss-reactive ketones (excluding diaryl/α,β-unsaturated/α-hetero) is 1. The number of benzene rings is 2. The molecule has 0 aliphatic carbocycles. The van der Waals surface area contributed by atoms with Crippen LogP contribution < -0.4 is 0 Å². The van der Waals surface area contributed by atoms with Crippen molar-refractivity contribution in [3.63, 3.8) is 0 Å². The quantitative estimate of drug-likeness (QED) is 0.801. The van der Waals surface area contributed by atoms with Crippen molar-refractivity contribution >= 4 is 5.78 Å². The molecule has 3 heteroatoms. The van der Waals surface area contributed by atoms with Gasteiger partial charge in [0.05, 0.1) is 0 Å². The van der Waals surface area contributed by atoms with Gasteiger partial charge in [0, 0.05) is 5.56 Å². The molecular formula is C19H20O3. The summed E-state index contributed by atoms with van der Waals surface area (Å²) in [4.78, 5) is 12.8. The molecule has 3 rings (SSSR count). The summed E-state index contributed by atoms with van der Waals surface area (Å²) >= 11 is 0. The number of carbonyl (C=O) groups excluding carboxylic acids is 1. The zero-order valence-electron chi connectivity index (χ0n) is 13.1. The van der Waals surface area contributed by atoms with Gasteiger partial charge in [-0.2, -0.15) is 0 Å². The summed E-state index contributed by atoms with van der Waals surface area (Å²) in [6.07, 6.45) is -1.01. The van der Waals surface area contributed by atoms with Gasteiger partial charge in [0.1, 0.15) is 6.10 Å². The summed E-state index contributed by atoms with van der Waals surface area (Å²) in [5, 5.41) is 0. The van der Waals surface area contributed by atoms with Crippen LogP contribution in [0.2, 0.25) is 0 Å². The van der Waals surface area contributed by atoms with E-state index in [-0.39, 0.29) is 11.9 Å². The lowest BCUT2D eigenvalue weighted by Gasteiger charge is -2.17. The Morgan fingerprint density at radius 2 is 1.73 bits per heavy atom. The van der Waals surface area contributed by atoms with Crippen LogP contribution in [0.3, 0.4) is 0 Å². The van der Waals surface area contributed by atoms with E-state index in [2.05, 4.69) is 0 Å². The highest BCUT2D eigenvalue weighted by Crippen LogP contribution is 2.39. The van der Waals surface area contributed by atoms with Crippen molar-refractivity contribution in [2.24, 2.45) is 0 Å². The van der Waals surface area contributed by atoms with Crippen LogP contribution in [0.1, 0.15) is 41.4 Å². The van der Waals surface area contributed by atoms with E-state index < -0.39 is 11.9 Å². The molecule has 3 nitrogen and oxygen atoms in total. The number of ketones is 1. The van der Waals surface area contributed by atoms with Crippen LogP contribution in [-0.4, -0.2) is 17.7 Å². The second kappa shape index (κ2) is 5.67. The summed E-state index contributed by atoms with van der Waals surface area (Å²) in [5.74, 6) is -0.818. The molecule has 0 radical (unpaired) electrons. The molecule has 1 aliphatic rings. The molecule has 2 aromatic carbocycles. The van der Waals surface area contributed by atoms with E-state index in [1.807, 2.05) is 75.4 Å². The van der Waals surface area contributed by atoms with E-state index in [1.165, 1.54) is 0 Å². The van der Waals surface area contributed by atoms with Crippen LogP contribution in [0.4, 0.5) is 0 Å². The van der Waals surface area contributed by atoms with Crippen molar-refractivity contribution in [3.8, 4) is 0 Å². The molecule has 0 amide bonds. The average molecular weight is 296 g/mol. The average Bonchev–Trinajstić information content (AvgIpc) is 2.83. The highest BCUT2D eigenvalue weighted by molar-refractivity contribution is 6.00. The van der Waals surface area contributed by atoms with Gasteiger partial charge in [0.25, 0.3) is 0 Å². The molecule has 1 fully saturated rings.